The van der Waals surface area contributed by atoms with Crippen LogP contribution in [0.2, 0.25) is 0 Å². The van der Waals surface area contributed by atoms with Crippen LogP contribution in [-0.4, -0.2) is 11.9 Å². The highest BCUT2D eigenvalue weighted by Crippen LogP contribution is 2.26. The summed E-state index contributed by atoms with van der Waals surface area (Å²) < 4.78 is 0. The largest absolute Gasteiger partial charge is 0.387 e. The predicted molar refractivity (Wildman–Crippen MR) is 89.5 cm³/mol. The van der Waals surface area contributed by atoms with Crippen LogP contribution in [0.4, 0.5) is 0 Å². The van der Waals surface area contributed by atoms with Gasteiger partial charge in [-0.15, -0.1) is 0 Å². The minimum absolute atomic E-state index is 0.331. The maximum absolute atomic E-state index is 5.98. The van der Waals surface area contributed by atoms with E-state index in [4.69, 9.17) is 10.7 Å². The number of hydrogen-bond acceptors (Lipinski definition) is 2. The summed E-state index contributed by atoms with van der Waals surface area (Å²) in [4.78, 5) is 4.70. The van der Waals surface area contributed by atoms with Crippen molar-refractivity contribution in [3.63, 3.8) is 0 Å². The Labute approximate surface area is 126 Å². The van der Waals surface area contributed by atoms with Gasteiger partial charge in [0.05, 0.1) is 11.9 Å². The van der Waals surface area contributed by atoms with Gasteiger partial charge in [0.1, 0.15) is 0 Å². The van der Waals surface area contributed by atoms with E-state index in [0.717, 1.165) is 25.1 Å². The first-order valence-electron chi connectivity index (χ1n) is 7.78. The molecule has 2 N–H and O–H groups in total. The first kappa shape index (κ1) is 13.9. The molecular formula is C19H22N2. The maximum atomic E-state index is 5.98. The van der Waals surface area contributed by atoms with Crippen LogP contribution in [0, 0.1) is 0 Å². The molecule has 2 nitrogen and oxygen atoms in total. The van der Waals surface area contributed by atoms with Crippen LogP contribution >= 0.6 is 0 Å². The Kier molecular flexibility index (Phi) is 4.34. The van der Waals surface area contributed by atoms with E-state index in [0.29, 0.717) is 6.04 Å². The summed E-state index contributed by atoms with van der Waals surface area (Å²) in [6, 6.07) is 19.6. The lowest BCUT2D eigenvalue weighted by Gasteiger charge is -2.15. The fraction of sp³-hybridized carbons (Fsp3) is 0.316. The molecule has 2 heteroatoms. The lowest BCUT2D eigenvalue weighted by molar-refractivity contribution is 0.588. The summed E-state index contributed by atoms with van der Waals surface area (Å²) in [5.74, 6) is 0.828. The summed E-state index contributed by atoms with van der Waals surface area (Å²) >= 11 is 0. The van der Waals surface area contributed by atoms with Gasteiger partial charge in [0.2, 0.25) is 0 Å². The Morgan fingerprint density at radius 2 is 1.71 bits per heavy atom. The van der Waals surface area contributed by atoms with Crippen LogP contribution in [0.25, 0.3) is 11.1 Å². The van der Waals surface area contributed by atoms with Crippen molar-refractivity contribution in [1.29, 1.82) is 0 Å². The van der Waals surface area contributed by atoms with E-state index in [1.54, 1.807) is 0 Å². The average Bonchev–Trinajstić information content (AvgIpc) is 2.73. The third-order valence-corrected chi connectivity index (χ3v) is 4.13. The van der Waals surface area contributed by atoms with Crippen LogP contribution in [0.1, 0.15) is 31.2 Å². The molecule has 2 aromatic carbocycles. The Morgan fingerprint density at radius 1 is 0.952 bits per heavy atom. The van der Waals surface area contributed by atoms with Crippen LogP contribution in [0.3, 0.4) is 0 Å². The number of hydrogen-bond donors (Lipinski definition) is 1. The van der Waals surface area contributed by atoms with Gasteiger partial charge >= 0.3 is 0 Å². The molecular weight excluding hydrogens is 256 g/mol. The Bertz CT molecular complexity index is 616. The number of nitrogens with zero attached hydrogens (tertiary/aromatic N) is 1. The van der Waals surface area contributed by atoms with Crippen molar-refractivity contribution < 1.29 is 0 Å². The minimum atomic E-state index is 0.331. The second kappa shape index (κ2) is 6.57. The van der Waals surface area contributed by atoms with Gasteiger partial charge in [-0.2, -0.15) is 0 Å². The van der Waals surface area contributed by atoms with Gasteiger partial charge in [-0.3, -0.25) is 4.99 Å². The topological polar surface area (TPSA) is 38.4 Å². The molecule has 1 heterocycles. The zero-order valence-electron chi connectivity index (χ0n) is 12.3. The minimum Gasteiger partial charge on any atom is -0.387 e. The fourth-order valence-electron chi connectivity index (χ4n) is 3.05. The zero-order valence-corrected chi connectivity index (χ0v) is 12.3. The van der Waals surface area contributed by atoms with Gasteiger partial charge in [0, 0.05) is 6.42 Å². The quantitative estimate of drug-likeness (QED) is 0.898. The molecule has 2 aromatic rings. The Hall–Kier alpha value is -2.09. The van der Waals surface area contributed by atoms with Gasteiger partial charge in [-0.1, -0.05) is 61.0 Å². The van der Waals surface area contributed by atoms with Crippen molar-refractivity contribution in [2.24, 2.45) is 10.7 Å². The molecule has 1 aliphatic heterocycles. The average molecular weight is 278 g/mol. The SMILES string of the molecule is NC1=NC(Cc2ccccc2-c2ccccc2)CCCC1. The van der Waals surface area contributed by atoms with Gasteiger partial charge < -0.3 is 5.73 Å². The summed E-state index contributed by atoms with van der Waals surface area (Å²) in [6.45, 7) is 0. The van der Waals surface area contributed by atoms with Gasteiger partial charge in [0.15, 0.2) is 0 Å². The normalized spacial score (nSPS) is 18.9. The maximum Gasteiger partial charge on any atom is 0.0940 e. The molecule has 0 saturated heterocycles. The molecule has 0 aromatic heterocycles. The second-order valence-electron chi connectivity index (χ2n) is 5.75. The summed E-state index contributed by atoms with van der Waals surface area (Å²) in [5, 5.41) is 0. The molecule has 108 valence electrons. The third kappa shape index (κ3) is 3.52. The van der Waals surface area contributed by atoms with E-state index in [1.807, 2.05) is 0 Å². The molecule has 0 amide bonds. The lowest BCUT2D eigenvalue weighted by Crippen LogP contribution is -2.15. The first-order chi connectivity index (χ1) is 10.3. The van der Waals surface area contributed by atoms with Crippen molar-refractivity contribution in [3.8, 4) is 11.1 Å². The van der Waals surface area contributed by atoms with Crippen molar-refractivity contribution >= 4 is 5.84 Å². The summed E-state index contributed by atoms with van der Waals surface area (Å²) in [5.41, 5.74) is 9.94. The molecule has 0 saturated carbocycles. The monoisotopic (exact) mass is 278 g/mol. The summed E-state index contributed by atoms with van der Waals surface area (Å²) in [6.07, 6.45) is 5.47. The van der Waals surface area contributed by atoms with Crippen LogP contribution in [0.15, 0.2) is 59.6 Å². The number of benzene rings is 2. The van der Waals surface area contributed by atoms with E-state index in [1.165, 1.54) is 29.5 Å². The zero-order chi connectivity index (χ0) is 14.5. The van der Waals surface area contributed by atoms with Crippen LogP contribution in [-0.2, 0) is 6.42 Å². The second-order valence-corrected chi connectivity index (χ2v) is 5.75. The predicted octanol–water partition coefficient (Wildman–Crippen LogP) is 4.20. The first-order valence-corrected chi connectivity index (χ1v) is 7.78. The van der Waals surface area contributed by atoms with Gasteiger partial charge in [-0.25, -0.2) is 0 Å². The van der Waals surface area contributed by atoms with Crippen molar-refractivity contribution in [3.05, 3.63) is 60.2 Å². The van der Waals surface area contributed by atoms with Crippen LogP contribution < -0.4 is 5.73 Å². The number of aliphatic imine (C=N–C) groups is 1. The van der Waals surface area contributed by atoms with E-state index in [-0.39, 0.29) is 0 Å². The van der Waals surface area contributed by atoms with Gasteiger partial charge in [-0.05, 0) is 36.0 Å². The number of amidine groups is 1. The van der Waals surface area contributed by atoms with Crippen molar-refractivity contribution in [1.82, 2.24) is 0 Å². The van der Waals surface area contributed by atoms with E-state index in [2.05, 4.69) is 54.6 Å². The lowest BCUT2D eigenvalue weighted by atomic mass is 9.94. The molecule has 0 radical (unpaired) electrons. The highest BCUT2D eigenvalue weighted by molar-refractivity contribution is 5.80. The molecule has 0 aliphatic carbocycles. The molecule has 0 fully saturated rings. The highest BCUT2D eigenvalue weighted by atomic mass is 14.9. The summed E-state index contributed by atoms with van der Waals surface area (Å²) in [7, 11) is 0. The molecule has 1 aliphatic rings. The molecule has 21 heavy (non-hydrogen) atoms. The third-order valence-electron chi connectivity index (χ3n) is 4.13. The smallest absolute Gasteiger partial charge is 0.0940 e. The molecule has 1 unspecified atom stereocenters. The highest BCUT2D eigenvalue weighted by Gasteiger charge is 2.14. The number of nitrogens with two attached hydrogens (primary N) is 1. The van der Waals surface area contributed by atoms with Crippen molar-refractivity contribution in [2.45, 2.75) is 38.1 Å². The molecule has 3 rings (SSSR count). The fourth-order valence-corrected chi connectivity index (χ4v) is 3.05. The van der Waals surface area contributed by atoms with E-state index >= 15 is 0 Å². The Morgan fingerprint density at radius 3 is 2.57 bits per heavy atom. The van der Waals surface area contributed by atoms with Crippen molar-refractivity contribution in [2.75, 3.05) is 0 Å². The van der Waals surface area contributed by atoms with Crippen LogP contribution in [0.5, 0.6) is 0 Å². The molecule has 1 atom stereocenters. The molecule has 0 bridgehead atoms. The van der Waals surface area contributed by atoms with E-state index in [9.17, 15) is 0 Å². The molecule has 0 spiro atoms. The van der Waals surface area contributed by atoms with Gasteiger partial charge in [0.25, 0.3) is 0 Å². The van der Waals surface area contributed by atoms with E-state index < -0.39 is 0 Å². The standard InChI is InChI=1S/C19H22N2/c20-19-13-7-5-11-17(21-19)14-16-10-4-6-12-18(16)15-8-2-1-3-9-15/h1-4,6,8-10,12,17H,5,7,11,13-14H2,(H2,20,21). The number of rotatable bonds is 3. The Balaban J connectivity index is 1.87.